The zero-order valence-electron chi connectivity index (χ0n) is 13.5. The first-order valence-corrected chi connectivity index (χ1v) is 7.70. The Morgan fingerprint density at radius 3 is 2.82 bits per heavy atom. The van der Waals surface area contributed by atoms with Gasteiger partial charge in [0.25, 0.3) is 5.56 Å². The van der Waals surface area contributed by atoms with Crippen LogP contribution in [0.15, 0.2) is 17.1 Å². The Hall–Kier alpha value is -1.89. The molecule has 1 aromatic heterocycles. The van der Waals surface area contributed by atoms with Gasteiger partial charge in [-0.1, -0.05) is 0 Å². The van der Waals surface area contributed by atoms with Gasteiger partial charge in [0.15, 0.2) is 0 Å². The maximum absolute atomic E-state index is 12.2. The standard InChI is InChI=1S/C15H25N5O2/c1-11(2)18(3)15(22)10-20-14(21)6-13(8-17-20)19-5-4-12(7-16)9-19/h6,8,11-12H,4-5,7,9-10,16H2,1-3H3/t12-/m1/s1. The van der Waals surface area contributed by atoms with Crippen LogP contribution >= 0.6 is 0 Å². The van der Waals surface area contributed by atoms with Gasteiger partial charge in [0.05, 0.1) is 11.9 Å². The molecule has 1 aromatic rings. The van der Waals surface area contributed by atoms with Gasteiger partial charge >= 0.3 is 0 Å². The molecule has 2 rings (SSSR count). The fourth-order valence-electron chi connectivity index (χ4n) is 2.50. The number of aromatic nitrogens is 2. The summed E-state index contributed by atoms with van der Waals surface area (Å²) in [5, 5.41) is 4.14. The Morgan fingerprint density at radius 1 is 1.55 bits per heavy atom. The molecular formula is C15H25N5O2. The molecule has 1 aliphatic rings. The van der Waals surface area contributed by atoms with Gasteiger partial charge in [-0.15, -0.1) is 0 Å². The van der Waals surface area contributed by atoms with Crippen LogP contribution in [0.2, 0.25) is 0 Å². The molecule has 0 radical (unpaired) electrons. The van der Waals surface area contributed by atoms with Crippen molar-refractivity contribution in [1.82, 2.24) is 14.7 Å². The van der Waals surface area contributed by atoms with Crippen molar-refractivity contribution in [2.45, 2.75) is 32.9 Å². The zero-order chi connectivity index (χ0) is 16.3. The normalized spacial score (nSPS) is 18.0. The molecule has 1 amide bonds. The fraction of sp³-hybridized carbons (Fsp3) is 0.667. The minimum atomic E-state index is -0.251. The minimum absolute atomic E-state index is 0.0286. The SMILES string of the molecule is CC(C)N(C)C(=O)Cn1ncc(N2CC[C@H](CN)C2)cc1=O. The van der Waals surface area contributed by atoms with Gasteiger partial charge in [-0.3, -0.25) is 9.59 Å². The lowest BCUT2D eigenvalue weighted by molar-refractivity contribution is -0.132. The first-order chi connectivity index (χ1) is 10.4. The van der Waals surface area contributed by atoms with Crippen molar-refractivity contribution < 1.29 is 4.79 Å². The Balaban J connectivity index is 2.07. The number of nitrogens with two attached hydrogens (primary N) is 1. The van der Waals surface area contributed by atoms with Crippen molar-refractivity contribution in [3.8, 4) is 0 Å². The van der Waals surface area contributed by atoms with Crippen LogP contribution in [0, 0.1) is 5.92 Å². The number of likely N-dealkylation sites (N-methyl/N-ethyl adjacent to an activating group) is 1. The molecule has 1 saturated heterocycles. The molecule has 1 aliphatic heterocycles. The lowest BCUT2D eigenvalue weighted by atomic mass is 10.1. The molecule has 7 nitrogen and oxygen atoms in total. The monoisotopic (exact) mass is 307 g/mol. The molecule has 1 atom stereocenters. The van der Waals surface area contributed by atoms with Crippen LogP contribution in [0.4, 0.5) is 5.69 Å². The van der Waals surface area contributed by atoms with Crippen molar-refractivity contribution in [1.29, 1.82) is 0 Å². The summed E-state index contributed by atoms with van der Waals surface area (Å²) in [5.74, 6) is 0.352. The first-order valence-electron chi connectivity index (χ1n) is 7.70. The summed E-state index contributed by atoms with van der Waals surface area (Å²) in [7, 11) is 1.73. The Labute approximate surface area is 130 Å². The van der Waals surface area contributed by atoms with Gasteiger partial charge < -0.3 is 15.5 Å². The molecule has 0 bridgehead atoms. The smallest absolute Gasteiger partial charge is 0.269 e. The van der Waals surface area contributed by atoms with E-state index >= 15 is 0 Å². The number of carbonyl (C=O) groups excluding carboxylic acids is 1. The van der Waals surface area contributed by atoms with E-state index in [1.54, 1.807) is 24.2 Å². The van der Waals surface area contributed by atoms with E-state index in [4.69, 9.17) is 5.73 Å². The van der Waals surface area contributed by atoms with Crippen LogP contribution in [-0.2, 0) is 11.3 Å². The molecule has 7 heteroatoms. The summed E-state index contributed by atoms with van der Waals surface area (Å²) < 4.78 is 1.21. The van der Waals surface area contributed by atoms with E-state index in [1.165, 1.54) is 4.68 Å². The third-order valence-corrected chi connectivity index (χ3v) is 4.29. The van der Waals surface area contributed by atoms with Gasteiger partial charge in [-0.05, 0) is 32.7 Å². The van der Waals surface area contributed by atoms with Crippen LogP contribution in [0.3, 0.4) is 0 Å². The molecule has 0 spiro atoms. The van der Waals surface area contributed by atoms with E-state index in [2.05, 4.69) is 10.00 Å². The number of amides is 1. The summed E-state index contributed by atoms with van der Waals surface area (Å²) in [4.78, 5) is 27.9. The molecule has 122 valence electrons. The summed E-state index contributed by atoms with van der Waals surface area (Å²) in [6.07, 6.45) is 2.69. The molecule has 0 aliphatic carbocycles. The van der Waals surface area contributed by atoms with E-state index in [0.717, 1.165) is 25.2 Å². The quantitative estimate of drug-likeness (QED) is 0.821. The highest BCUT2D eigenvalue weighted by atomic mass is 16.2. The van der Waals surface area contributed by atoms with E-state index in [9.17, 15) is 9.59 Å². The molecule has 1 fully saturated rings. The molecular weight excluding hydrogens is 282 g/mol. The highest BCUT2D eigenvalue weighted by Gasteiger charge is 2.22. The molecule has 0 aromatic carbocycles. The summed E-state index contributed by atoms with van der Waals surface area (Å²) in [6.45, 7) is 6.24. The topological polar surface area (TPSA) is 84.5 Å². The van der Waals surface area contributed by atoms with Crippen molar-refractivity contribution in [2.24, 2.45) is 11.7 Å². The molecule has 0 saturated carbocycles. The van der Waals surface area contributed by atoms with E-state index in [-0.39, 0.29) is 24.1 Å². The second kappa shape index (κ2) is 6.91. The van der Waals surface area contributed by atoms with Crippen molar-refractivity contribution >= 4 is 11.6 Å². The van der Waals surface area contributed by atoms with Gasteiger partial charge in [0, 0.05) is 32.2 Å². The zero-order valence-corrected chi connectivity index (χ0v) is 13.5. The predicted octanol–water partition coefficient (Wildman–Crippen LogP) is -0.105. The van der Waals surface area contributed by atoms with Gasteiger partial charge in [0.1, 0.15) is 6.54 Å². The first kappa shape index (κ1) is 16.5. The van der Waals surface area contributed by atoms with Crippen LogP contribution in [0.1, 0.15) is 20.3 Å². The Kier molecular flexibility index (Phi) is 5.18. The van der Waals surface area contributed by atoms with Crippen molar-refractivity contribution in [2.75, 3.05) is 31.6 Å². The third kappa shape index (κ3) is 3.65. The van der Waals surface area contributed by atoms with Crippen molar-refractivity contribution in [3.63, 3.8) is 0 Å². The second-order valence-corrected chi connectivity index (χ2v) is 6.14. The van der Waals surface area contributed by atoms with E-state index in [1.807, 2.05) is 13.8 Å². The minimum Gasteiger partial charge on any atom is -0.370 e. The maximum atomic E-state index is 12.2. The van der Waals surface area contributed by atoms with Gasteiger partial charge in [0.2, 0.25) is 5.91 Å². The molecule has 2 N–H and O–H groups in total. The lowest BCUT2D eigenvalue weighted by Crippen LogP contribution is -2.38. The largest absolute Gasteiger partial charge is 0.370 e. The highest BCUT2D eigenvalue weighted by molar-refractivity contribution is 5.75. The molecule has 22 heavy (non-hydrogen) atoms. The number of hydrogen-bond donors (Lipinski definition) is 1. The fourth-order valence-corrected chi connectivity index (χ4v) is 2.50. The van der Waals surface area contributed by atoms with Crippen LogP contribution in [-0.4, -0.2) is 53.3 Å². The van der Waals surface area contributed by atoms with Gasteiger partial charge in [-0.2, -0.15) is 5.10 Å². The van der Waals surface area contributed by atoms with E-state index in [0.29, 0.717) is 12.5 Å². The van der Waals surface area contributed by atoms with Crippen LogP contribution < -0.4 is 16.2 Å². The van der Waals surface area contributed by atoms with E-state index < -0.39 is 0 Å². The van der Waals surface area contributed by atoms with Crippen LogP contribution in [0.5, 0.6) is 0 Å². The molecule has 0 unspecified atom stereocenters. The average Bonchev–Trinajstić information content (AvgIpc) is 2.97. The Morgan fingerprint density at radius 2 is 2.27 bits per heavy atom. The lowest BCUT2D eigenvalue weighted by Gasteiger charge is -2.22. The number of anilines is 1. The second-order valence-electron chi connectivity index (χ2n) is 6.14. The number of hydrogen-bond acceptors (Lipinski definition) is 5. The summed E-state index contributed by atoms with van der Waals surface area (Å²) >= 11 is 0. The average molecular weight is 307 g/mol. The number of nitrogens with zero attached hydrogens (tertiary/aromatic N) is 4. The number of rotatable bonds is 5. The van der Waals surface area contributed by atoms with Gasteiger partial charge in [-0.25, -0.2) is 4.68 Å². The predicted molar refractivity (Wildman–Crippen MR) is 85.8 cm³/mol. The summed E-state index contributed by atoms with van der Waals surface area (Å²) in [5.41, 5.74) is 6.24. The highest BCUT2D eigenvalue weighted by Crippen LogP contribution is 2.21. The molecule has 2 heterocycles. The summed E-state index contributed by atoms with van der Waals surface area (Å²) in [6, 6.07) is 1.65. The van der Waals surface area contributed by atoms with Crippen molar-refractivity contribution in [3.05, 3.63) is 22.6 Å². The third-order valence-electron chi connectivity index (χ3n) is 4.29. The Bertz CT molecular complexity index is 584. The number of carbonyl (C=O) groups is 1. The maximum Gasteiger partial charge on any atom is 0.269 e. The van der Waals surface area contributed by atoms with Crippen LogP contribution in [0.25, 0.3) is 0 Å².